The topological polar surface area (TPSA) is 38.3 Å². The molecule has 0 aliphatic rings. The van der Waals surface area contributed by atoms with E-state index in [1.54, 1.807) is 0 Å². The van der Waals surface area contributed by atoms with Crippen molar-refractivity contribution in [3.63, 3.8) is 0 Å². The van der Waals surface area contributed by atoms with Crippen LogP contribution in [-0.2, 0) is 9.53 Å². The van der Waals surface area contributed by atoms with Crippen molar-refractivity contribution >= 4 is 5.97 Å². The number of hydrogen-bond acceptors (Lipinski definition) is 3. The molecular weight excluding hydrogens is 166 g/mol. The third kappa shape index (κ3) is 5.42. The van der Waals surface area contributed by atoms with E-state index in [2.05, 4.69) is 11.9 Å². The van der Waals surface area contributed by atoms with Gasteiger partial charge in [0, 0.05) is 6.54 Å². The van der Waals surface area contributed by atoms with Crippen molar-refractivity contribution in [1.82, 2.24) is 5.32 Å². The van der Waals surface area contributed by atoms with Crippen LogP contribution in [0.3, 0.4) is 0 Å². The Morgan fingerprint density at radius 1 is 1.54 bits per heavy atom. The molecule has 0 amide bonds. The third-order valence-electron chi connectivity index (χ3n) is 1.63. The summed E-state index contributed by atoms with van der Waals surface area (Å²) in [5, 5.41) is 3.08. The van der Waals surface area contributed by atoms with Crippen LogP contribution in [0, 0.1) is 0 Å². The molecular formula is C10H19NO2. The Hall–Kier alpha value is -0.830. The average molecular weight is 185 g/mol. The molecule has 0 saturated carbocycles. The summed E-state index contributed by atoms with van der Waals surface area (Å²) >= 11 is 0. The minimum atomic E-state index is -0.198. The van der Waals surface area contributed by atoms with Gasteiger partial charge >= 0.3 is 5.97 Å². The molecule has 0 aliphatic heterocycles. The Kier molecular flexibility index (Phi) is 6.24. The van der Waals surface area contributed by atoms with Crippen molar-refractivity contribution in [1.29, 1.82) is 0 Å². The lowest BCUT2D eigenvalue weighted by molar-refractivity contribution is -0.145. The molecule has 76 valence electrons. The largest absolute Gasteiger partial charge is 0.465 e. The second-order valence-electron chi connectivity index (χ2n) is 3.05. The zero-order chi connectivity index (χ0) is 10.3. The standard InChI is InChI=1S/C10H19NO2/c1-5-9(10(12)13-6-2)11-7-8(3)4/h9,11H,3,5-7H2,1-2,4H3. The van der Waals surface area contributed by atoms with E-state index in [0.717, 1.165) is 12.0 Å². The highest BCUT2D eigenvalue weighted by atomic mass is 16.5. The molecule has 3 nitrogen and oxygen atoms in total. The summed E-state index contributed by atoms with van der Waals surface area (Å²) in [5.41, 5.74) is 1.02. The number of carbonyl (C=O) groups excluding carboxylic acids is 1. The van der Waals surface area contributed by atoms with E-state index in [-0.39, 0.29) is 12.0 Å². The van der Waals surface area contributed by atoms with Gasteiger partial charge in [0.2, 0.25) is 0 Å². The van der Waals surface area contributed by atoms with E-state index in [1.165, 1.54) is 0 Å². The van der Waals surface area contributed by atoms with Gasteiger partial charge < -0.3 is 10.1 Å². The van der Waals surface area contributed by atoms with Gasteiger partial charge in [-0.1, -0.05) is 19.1 Å². The fourth-order valence-corrected chi connectivity index (χ4v) is 0.935. The molecule has 0 saturated heterocycles. The van der Waals surface area contributed by atoms with Gasteiger partial charge in [0.1, 0.15) is 6.04 Å². The fraction of sp³-hybridized carbons (Fsp3) is 0.700. The van der Waals surface area contributed by atoms with Gasteiger partial charge in [-0.15, -0.1) is 0 Å². The van der Waals surface area contributed by atoms with Crippen LogP contribution in [0.1, 0.15) is 27.2 Å². The number of hydrogen-bond donors (Lipinski definition) is 1. The number of carbonyl (C=O) groups is 1. The van der Waals surface area contributed by atoms with Crippen LogP contribution in [-0.4, -0.2) is 25.2 Å². The SMILES string of the molecule is C=C(C)CNC(CC)C(=O)OCC. The zero-order valence-corrected chi connectivity index (χ0v) is 8.72. The monoisotopic (exact) mass is 185 g/mol. The summed E-state index contributed by atoms with van der Waals surface area (Å²) in [6, 6.07) is -0.198. The van der Waals surface area contributed by atoms with E-state index in [0.29, 0.717) is 13.2 Å². The molecule has 1 atom stereocenters. The van der Waals surface area contributed by atoms with Gasteiger partial charge in [0.05, 0.1) is 6.61 Å². The van der Waals surface area contributed by atoms with Crippen molar-refractivity contribution in [2.45, 2.75) is 33.2 Å². The van der Waals surface area contributed by atoms with Crippen molar-refractivity contribution in [2.24, 2.45) is 0 Å². The van der Waals surface area contributed by atoms with Gasteiger partial charge in [-0.05, 0) is 20.3 Å². The normalized spacial score (nSPS) is 12.2. The predicted octanol–water partition coefficient (Wildman–Crippen LogP) is 1.49. The van der Waals surface area contributed by atoms with Crippen LogP contribution in [0.25, 0.3) is 0 Å². The lowest BCUT2D eigenvalue weighted by atomic mass is 10.2. The Bertz CT molecular complexity index is 178. The number of esters is 1. The first kappa shape index (κ1) is 12.2. The maximum Gasteiger partial charge on any atom is 0.323 e. The summed E-state index contributed by atoms with van der Waals surface area (Å²) in [6.45, 7) is 10.5. The maximum atomic E-state index is 11.3. The lowest BCUT2D eigenvalue weighted by Gasteiger charge is -2.14. The van der Waals surface area contributed by atoms with E-state index in [1.807, 2.05) is 20.8 Å². The van der Waals surface area contributed by atoms with Gasteiger partial charge in [-0.2, -0.15) is 0 Å². The molecule has 0 fully saturated rings. The van der Waals surface area contributed by atoms with Crippen LogP contribution >= 0.6 is 0 Å². The summed E-state index contributed by atoms with van der Waals surface area (Å²) in [7, 11) is 0. The molecule has 0 radical (unpaired) electrons. The molecule has 0 aromatic heterocycles. The van der Waals surface area contributed by atoms with Crippen LogP contribution < -0.4 is 5.32 Å². The Morgan fingerprint density at radius 2 is 2.15 bits per heavy atom. The smallest absolute Gasteiger partial charge is 0.323 e. The first-order valence-electron chi connectivity index (χ1n) is 4.66. The van der Waals surface area contributed by atoms with Gasteiger partial charge in [0.15, 0.2) is 0 Å². The lowest BCUT2D eigenvalue weighted by Crippen LogP contribution is -2.38. The zero-order valence-electron chi connectivity index (χ0n) is 8.72. The molecule has 0 aromatic rings. The van der Waals surface area contributed by atoms with Gasteiger partial charge in [-0.3, -0.25) is 4.79 Å². The molecule has 0 heterocycles. The van der Waals surface area contributed by atoms with Crippen molar-refractivity contribution in [3.05, 3.63) is 12.2 Å². The van der Waals surface area contributed by atoms with Gasteiger partial charge in [-0.25, -0.2) is 0 Å². The van der Waals surface area contributed by atoms with Crippen LogP contribution in [0.4, 0.5) is 0 Å². The highest BCUT2D eigenvalue weighted by molar-refractivity contribution is 5.75. The van der Waals surface area contributed by atoms with Crippen molar-refractivity contribution in [2.75, 3.05) is 13.2 Å². The quantitative estimate of drug-likeness (QED) is 0.503. The molecule has 1 unspecified atom stereocenters. The fourth-order valence-electron chi connectivity index (χ4n) is 0.935. The first-order chi connectivity index (χ1) is 6.11. The minimum Gasteiger partial charge on any atom is -0.465 e. The highest BCUT2D eigenvalue weighted by Gasteiger charge is 2.15. The molecule has 13 heavy (non-hydrogen) atoms. The molecule has 0 spiro atoms. The van der Waals surface area contributed by atoms with E-state index in [4.69, 9.17) is 4.74 Å². The highest BCUT2D eigenvalue weighted by Crippen LogP contribution is 1.96. The second kappa shape index (κ2) is 6.66. The molecule has 0 aliphatic carbocycles. The second-order valence-corrected chi connectivity index (χ2v) is 3.05. The number of ether oxygens (including phenoxy) is 1. The van der Waals surface area contributed by atoms with E-state index in [9.17, 15) is 4.79 Å². The van der Waals surface area contributed by atoms with Crippen LogP contribution in [0.2, 0.25) is 0 Å². The number of nitrogens with one attached hydrogen (secondary N) is 1. The summed E-state index contributed by atoms with van der Waals surface area (Å²) < 4.78 is 4.90. The summed E-state index contributed by atoms with van der Waals surface area (Å²) in [5.74, 6) is -0.175. The van der Waals surface area contributed by atoms with Crippen molar-refractivity contribution in [3.8, 4) is 0 Å². The molecule has 3 heteroatoms. The first-order valence-corrected chi connectivity index (χ1v) is 4.66. The summed E-state index contributed by atoms with van der Waals surface area (Å²) in [4.78, 5) is 11.3. The van der Waals surface area contributed by atoms with E-state index < -0.39 is 0 Å². The maximum absolute atomic E-state index is 11.3. The summed E-state index contributed by atoms with van der Waals surface area (Å²) in [6.07, 6.45) is 0.742. The number of rotatable bonds is 6. The van der Waals surface area contributed by atoms with Gasteiger partial charge in [0.25, 0.3) is 0 Å². The predicted molar refractivity (Wildman–Crippen MR) is 53.5 cm³/mol. The Balaban J connectivity index is 3.87. The molecule has 0 aromatic carbocycles. The minimum absolute atomic E-state index is 0.175. The van der Waals surface area contributed by atoms with E-state index >= 15 is 0 Å². The molecule has 1 N–H and O–H groups in total. The Morgan fingerprint density at radius 3 is 2.54 bits per heavy atom. The van der Waals surface area contributed by atoms with Crippen molar-refractivity contribution < 1.29 is 9.53 Å². The third-order valence-corrected chi connectivity index (χ3v) is 1.63. The average Bonchev–Trinajstić information content (AvgIpc) is 2.05. The van der Waals surface area contributed by atoms with Crippen LogP contribution in [0.15, 0.2) is 12.2 Å². The van der Waals surface area contributed by atoms with Crippen LogP contribution in [0.5, 0.6) is 0 Å². The Labute approximate surface area is 80.2 Å². The molecule has 0 rings (SSSR count). The molecule has 0 bridgehead atoms.